The zero-order valence-corrected chi connectivity index (χ0v) is 17.0. The number of aryl methyl sites for hydroxylation is 4. The monoisotopic (exact) mass is 389 g/mol. The van der Waals surface area contributed by atoms with Gasteiger partial charge in [0.2, 0.25) is 10.0 Å². The Hall–Kier alpha value is -1.96. The Bertz CT molecular complexity index is 1010. The van der Waals surface area contributed by atoms with Gasteiger partial charge in [0.25, 0.3) is 0 Å². The third kappa shape index (κ3) is 3.90. The molecule has 0 aliphatic heterocycles. The highest BCUT2D eigenvalue weighted by atomic mass is 32.2. The van der Waals surface area contributed by atoms with Gasteiger partial charge < -0.3 is 0 Å². The zero-order valence-electron chi connectivity index (χ0n) is 15.4. The maximum atomic E-state index is 12.8. The summed E-state index contributed by atoms with van der Waals surface area (Å²) in [6, 6.07) is 11.2. The summed E-state index contributed by atoms with van der Waals surface area (Å²) in [5.74, 6) is 0. The predicted octanol–water partition coefficient (Wildman–Crippen LogP) is 3.75. The van der Waals surface area contributed by atoms with Gasteiger partial charge in [-0.3, -0.25) is 4.68 Å². The fourth-order valence-corrected chi connectivity index (χ4v) is 5.19. The molecule has 138 valence electrons. The first-order chi connectivity index (χ1) is 12.3. The van der Waals surface area contributed by atoms with Crippen LogP contribution in [-0.2, 0) is 10.0 Å². The van der Waals surface area contributed by atoms with Gasteiger partial charge in [0.1, 0.15) is 0 Å². The van der Waals surface area contributed by atoms with E-state index in [2.05, 4.69) is 9.82 Å². The van der Waals surface area contributed by atoms with Crippen LogP contribution < -0.4 is 4.72 Å². The van der Waals surface area contributed by atoms with Crippen LogP contribution in [0.4, 0.5) is 0 Å². The topological polar surface area (TPSA) is 64.0 Å². The van der Waals surface area contributed by atoms with E-state index >= 15 is 0 Å². The molecule has 2 heterocycles. The Labute approximate surface area is 158 Å². The Morgan fingerprint density at radius 2 is 1.92 bits per heavy atom. The molecule has 3 rings (SSSR count). The molecule has 26 heavy (non-hydrogen) atoms. The van der Waals surface area contributed by atoms with Crippen LogP contribution in [0, 0.1) is 27.7 Å². The Kier molecular flexibility index (Phi) is 5.32. The van der Waals surface area contributed by atoms with Crippen molar-refractivity contribution < 1.29 is 8.42 Å². The van der Waals surface area contributed by atoms with Gasteiger partial charge >= 0.3 is 0 Å². The number of rotatable bonds is 6. The van der Waals surface area contributed by atoms with Crippen molar-refractivity contribution in [3.05, 3.63) is 69.2 Å². The third-order valence-electron chi connectivity index (χ3n) is 4.30. The summed E-state index contributed by atoms with van der Waals surface area (Å²) in [7, 11) is -3.59. The van der Waals surface area contributed by atoms with Gasteiger partial charge in [-0.2, -0.15) is 5.10 Å². The molecule has 0 aliphatic rings. The van der Waals surface area contributed by atoms with Crippen LogP contribution in [0.25, 0.3) is 0 Å². The van der Waals surface area contributed by atoms with Gasteiger partial charge in [-0.15, -0.1) is 11.3 Å². The zero-order chi connectivity index (χ0) is 18.9. The highest BCUT2D eigenvalue weighted by molar-refractivity contribution is 7.89. The molecule has 1 aromatic carbocycles. The maximum Gasteiger partial charge on any atom is 0.240 e. The van der Waals surface area contributed by atoms with E-state index in [0.717, 1.165) is 27.4 Å². The van der Waals surface area contributed by atoms with Crippen molar-refractivity contribution in [2.75, 3.05) is 6.54 Å². The second kappa shape index (κ2) is 7.34. The SMILES string of the molecule is Cc1ccc(S(=O)(=O)NCC(c2cccs2)n2nc(C)cc2C)c(C)c1. The van der Waals surface area contributed by atoms with E-state index in [1.54, 1.807) is 17.4 Å². The van der Waals surface area contributed by atoms with Crippen molar-refractivity contribution in [1.82, 2.24) is 14.5 Å². The van der Waals surface area contributed by atoms with Crippen molar-refractivity contribution >= 4 is 21.4 Å². The van der Waals surface area contributed by atoms with Crippen molar-refractivity contribution in [1.29, 1.82) is 0 Å². The average molecular weight is 390 g/mol. The number of nitrogens with zero attached hydrogens (tertiary/aromatic N) is 2. The van der Waals surface area contributed by atoms with Crippen LogP contribution in [0.2, 0.25) is 0 Å². The first-order valence-corrected chi connectivity index (χ1v) is 10.8. The van der Waals surface area contributed by atoms with Gasteiger partial charge in [0, 0.05) is 17.1 Å². The number of benzene rings is 1. The highest BCUT2D eigenvalue weighted by Crippen LogP contribution is 2.25. The number of hydrogen-bond donors (Lipinski definition) is 1. The second-order valence-corrected chi connectivity index (χ2v) is 9.24. The molecule has 0 saturated heterocycles. The summed E-state index contributed by atoms with van der Waals surface area (Å²) in [5, 5.41) is 6.55. The van der Waals surface area contributed by atoms with Crippen molar-refractivity contribution in [2.24, 2.45) is 0 Å². The van der Waals surface area contributed by atoms with E-state index in [0.29, 0.717) is 4.90 Å². The lowest BCUT2D eigenvalue weighted by Gasteiger charge is -2.19. The molecule has 0 spiro atoms. The fraction of sp³-hybridized carbons (Fsp3) is 0.316. The van der Waals surface area contributed by atoms with E-state index in [1.807, 2.05) is 68.1 Å². The lowest BCUT2D eigenvalue weighted by atomic mass is 10.2. The average Bonchev–Trinajstić information content (AvgIpc) is 3.18. The van der Waals surface area contributed by atoms with Crippen LogP contribution in [0.3, 0.4) is 0 Å². The molecule has 0 saturated carbocycles. The minimum absolute atomic E-state index is 0.177. The molecule has 7 heteroatoms. The molecule has 3 aromatic rings. The summed E-state index contributed by atoms with van der Waals surface area (Å²) in [4.78, 5) is 1.39. The summed E-state index contributed by atoms with van der Waals surface area (Å²) in [6.07, 6.45) is 0. The summed E-state index contributed by atoms with van der Waals surface area (Å²) in [5.41, 5.74) is 3.71. The second-order valence-electron chi connectivity index (χ2n) is 6.52. The molecule has 1 unspecified atom stereocenters. The van der Waals surface area contributed by atoms with E-state index in [1.165, 1.54) is 0 Å². The molecule has 1 N–H and O–H groups in total. The van der Waals surface area contributed by atoms with Crippen molar-refractivity contribution in [2.45, 2.75) is 38.6 Å². The molecule has 0 amide bonds. The lowest BCUT2D eigenvalue weighted by molar-refractivity contribution is 0.499. The Morgan fingerprint density at radius 3 is 2.50 bits per heavy atom. The van der Waals surface area contributed by atoms with Crippen molar-refractivity contribution in [3.8, 4) is 0 Å². The first-order valence-electron chi connectivity index (χ1n) is 8.41. The number of aromatic nitrogens is 2. The third-order valence-corrected chi connectivity index (χ3v) is 6.86. The summed E-state index contributed by atoms with van der Waals surface area (Å²) in [6.45, 7) is 7.94. The summed E-state index contributed by atoms with van der Waals surface area (Å²) < 4.78 is 30.3. The first kappa shape index (κ1) is 18.8. The van der Waals surface area contributed by atoms with Gasteiger partial charge in [0.15, 0.2) is 0 Å². The minimum Gasteiger partial charge on any atom is -0.260 e. The van der Waals surface area contributed by atoms with Gasteiger partial charge in [-0.05, 0) is 56.8 Å². The quantitative estimate of drug-likeness (QED) is 0.698. The van der Waals surface area contributed by atoms with E-state index in [-0.39, 0.29) is 12.6 Å². The van der Waals surface area contributed by atoms with E-state index in [4.69, 9.17) is 0 Å². The minimum atomic E-state index is -3.59. The number of nitrogens with one attached hydrogen (secondary N) is 1. The normalized spacial score (nSPS) is 13.1. The van der Waals surface area contributed by atoms with Gasteiger partial charge in [-0.25, -0.2) is 13.1 Å². The standard InChI is InChI=1S/C19H23N3O2S2/c1-13-7-8-19(14(2)10-13)26(23,24)20-12-17(18-6-5-9-25-18)22-16(4)11-15(3)21-22/h5-11,17,20H,12H2,1-4H3. The smallest absolute Gasteiger partial charge is 0.240 e. The highest BCUT2D eigenvalue weighted by Gasteiger charge is 2.23. The predicted molar refractivity (Wildman–Crippen MR) is 105 cm³/mol. The molecular formula is C19H23N3O2S2. The molecular weight excluding hydrogens is 366 g/mol. The van der Waals surface area contributed by atoms with Crippen LogP contribution in [0.15, 0.2) is 46.7 Å². The fourth-order valence-electron chi connectivity index (χ4n) is 3.12. The van der Waals surface area contributed by atoms with E-state index in [9.17, 15) is 8.42 Å². The van der Waals surface area contributed by atoms with Gasteiger partial charge in [-0.1, -0.05) is 23.8 Å². The lowest BCUT2D eigenvalue weighted by Crippen LogP contribution is -2.32. The number of thiophene rings is 1. The van der Waals surface area contributed by atoms with Gasteiger partial charge in [0.05, 0.1) is 16.6 Å². The van der Waals surface area contributed by atoms with E-state index < -0.39 is 10.0 Å². The Balaban J connectivity index is 1.89. The molecule has 2 aromatic heterocycles. The van der Waals surface area contributed by atoms with Crippen LogP contribution in [-0.4, -0.2) is 24.7 Å². The molecule has 0 bridgehead atoms. The maximum absolute atomic E-state index is 12.8. The van der Waals surface area contributed by atoms with Crippen LogP contribution in [0.1, 0.15) is 33.4 Å². The molecule has 1 atom stereocenters. The molecule has 0 fully saturated rings. The van der Waals surface area contributed by atoms with Crippen LogP contribution in [0.5, 0.6) is 0 Å². The number of sulfonamides is 1. The van der Waals surface area contributed by atoms with Crippen molar-refractivity contribution in [3.63, 3.8) is 0 Å². The molecule has 0 radical (unpaired) electrons. The molecule has 0 aliphatic carbocycles. The number of hydrogen-bond acceptors (Lipinski definition) is 4. The van der Waals surface area contributed by atoms with Crippen LogP contribution >= 0.6 is 11.3 Å². The Morgan fingerprint density at radius 1 is 1.15 bits per heavy atom. The summed E-state index contributed by atoms with van der Waals surface area (Å²) >= 11 is 1.60. The molecule has 5 nitrogen and oxygen atoms in total. The largest absolute Gasteiger partial charge is 0.260 e.